The summed E-state index contributed by atoms with van der Waals surface area (Å²) >= 11 is 0. The normalized spacial score (nSPS) is 38.8. The van der Waals surface area contributed by atoms with Crippen molar-refractivity contribution in [3.8, 4) is 0 Å². The fourth-order valence-electron chi connectivity index (χ4n) is 9.87. The molecule has 5 heteroatoms. The van der Waals surface area contributed by atoms with E-state index in [0.29, 0.717) is 29.8 Å². The third kappa shape index (κ3) is 5.52. The smallest absolute Gasteiger partial charge is 0.306 e. The van der Waals surface area contributed by atoms with Gasteiger partial charge in [-0.15, -0.1) is 0 Å². The van der Waals surface area contributed by atoms with E-state index in [2.05, 4.69) is 46.0 Å². The van der Waals surface area contributed by atoms with E-state index >= 15 is 0 Å². The summed E-state index contributed by atoms with van der Waals surface area (Å²) in [5, 5.41) is 2.96. The van der Waals surface area contributed by atoms with E-state index in [4.69, 9.17) is 9.47 Å². The molecule has 5 rings (SSSR count). The van der Waals surface area contributed by atoms with Crippen LogP contribution in [0.15, 0.2) is 23.0 Å². The van der Waals surface area contributed by atoms with Gasteiger partial charge in [0.2, 0.25) is 5.91 Å². The van der Waals surface area contributed by atoms with Gasteiger partial charge in [-0.2, -0.15) is 0 Å². The van der Waals surface area contributed by atoms with Crippen molar-refractivity contribution in [1.82, 2.24) is 5.32 Å². The lowest BCUT2D eigenvalue weighted by molar-refractivity contribution is -0.151. The Balaban J connectivity index is 1.23. The maximum absolute atomic E-state index is 12.4. The second-order valence-corrected chi connectivity index (χ2v) is 14.7. The Morgan fingerprint density at radius 1 is 1.18 bits per heavy atom. The van der Waals surface area contributed by atoms with Gasteiger partial charge in [-0.05, 0) is 98.4 Å². The maximum atomic E-state index is 12.4. The van der Waals surface area contributed by atoms with Gasteiger partial charge in [0.05, 0.1) is 5.76 Å². The molecule has 0 aromatic heterocycles. The van der Waals surface area contributed by atoms with Crippen molar-refractivity contribution in [2.75, 3.05) is 6.54 Å². The Morgan fingerprint density at radius 3 is 2.73 bits per heavy atom. The second kappa shape index (κ2) is 11.8. The number of hydrogen-bond acceptors (Lipinski definition) is 4. The predicted octanol–water partition coefficient (Wildman–Crippen LogP) is 7.89. The Hall–Kier alpha value is -1.78. The van der Waals surface area contributed by atoms with Crippen molar-refractivity contribution in [3.05, 3.63) is 23.0 Å². The van der Waals surface area contributed by atoms with Gasteiger partial charge in [0.1, 0.15) is 12.2 Å². The molecular weight excluding hydrogens is 498 g/mol. The zero-order chi connectivity index (χ0) is 28.7. The molecule has 1 aliphatic heterocycles. The van der Waals surface area contributed by atoms with Gasteiger partial charge in [0, 0.05) is 38.6 Å². The summed E-state index contributed by atoms with van der Waals surface area (Å²) in [5.74, 6) is 4.51. The fourth-order valence-corrected chi connectivity index (χ4v) is 9.87. The highest BCUT2D eigenvalue weighted by molar-refractivity contribution is 5.72. The first kappa shape index (κ1) is 29.7. The lowest BCUT2D eigenvalue weighted by Gasteiger charge is -2.58. The standard InChI is InChI=1S/C35H55NO4/c1-7-8-9-10-32(38)39-26-15-17-34(5)25(19-26)12-13-27-28(34)16-18-35(6)29(27)20-31-33(35)23(3)30(40-31)14-11-22(2)21-36-24(4)37/h12,22,26-29,31,33H,7-11,13-21H2,1-6H3,(H,36,37). The number of carbonyl (C=O) groups is 2. The monoisotopic (exact) mass is 553 g/mol. The number of unbranched alkanes of at least 4 members (excludes halogenated alkanes) is 2. The van der Waals surface area contributed by atoms with Crippen LogP contribution in [0.25, 0.3) is 0 Å². The van der Waals surface area contributed by atoms with E-state index in [1.54, 1.807) is 12.5 Å². The molecule has 5 nitrogen and oxygen atoms in total. The first-order chi connectivity index (χ1) is 19.1. The molecule has 0 spiro atoms. The third-order valence-corrected chi connectivity index (χ3v) is 12.1. The Kier molecular flexibility index (Phi) is 8.79. The summed E-state index contributed by atoms with van der Waals surface area (Å²) in [6.07, 6.45) is 16.9. The summed E-state index contributed by atoms with van der Waals surface area (Å²) < 4.78 is 12.7. The van der Waals surface area contributed by atoms with E-state index in [1.807, 2.05) is 0 Å². The third-order valence-electron chi connectivity index (χ3n) is 12.1. The molecule has 1 N–H and O–H groups in total. The van der Waals surface area contributed by atoms with Gasteiger partial charge in [0.25, 0.3) is 0 Å². The SMILES string of the molecule is CCCCCC(=O)OC1CCC2(C)C(=CCC3C2CCC2(C)C3CC3OC(CCC(C)CNC(C)=O)=C(C)C32)C1. The average molecular weight is 554 g/mol. The Bertz CT molecular complexity index is 1030. The van der Waals surface area contributed by atoms with Crippen molar-refractivity contribution in [1.29, 1.82) is 0 Å². The molecule has 9 unspecified atom stereocenters. The molecule has 40 heavy (non-hydrogen) atoms. The number of fused-ring (bicyclic) bond motifs is 7. The zero-order valence-corrected chi connectivity index (χ0v) is 26.2. The van der Waals surface area contributed by atoms with Crippen LogP contribution in [0.2, 0.25) is 0 Å². The second-order valence-electron chi connectivity index (χ2n) is 14.7. The molecule has 0 radical (unpaired) electrons. The van der Waals surface area contributed by atoms with Crippen molar-refractivity contribution in [2.24, 2.45) is 40.4 Å². The minimum Gasteiger partial charge on any atom is -0.494 e. The van der Waals surface area contributed by atoms with Gasteiger partial charge in [-0.1, -0.05) is 52.2 Å². The maximum Gasteiger partial charge on any atom is 0.306 e. The molecule has 1 heterocycles. The molecule has 3 fully saturated rings. The first-order valence-electron chi connectivity index (χ1n) is 16.6. The van der Waals surface area contributed by atoms with E-state index in [9.17, 15) is 9.59 Å². The van der Waals surface area contributed by atoms with Crippen molar-refractivity contribution < 1.29 is 19.1 Å². The molecule has 0 aromatic carbocycles. The van der Waals surface area contributed by atoms with Crippen molar-refractivity contribution in [3.63, 3.8) is 0 Å². The highest BCUT2D eigenvalue weighted by atomic mass is 16.5. The Labute approximate surface area is 243 Å². The van der Waals surface area contributed by atoms with Gasteiger partial charge in [0.15, 0.2) is 0 Å². The van der Waals surface area contributed by atoms with Crippen LogP contribution < -0.4 is 5.32 Å². The number of allylic oxidation sites excluding steroid dienone is 2. The van der Waals surface area contributed by atoms with Crippen LogP contribution in [0.1, 0.15) is 125 Å². The summed E-state index contributed by atoms with van der Waals surface area (Å²) in [6.45, 7) is 14.2. The Morgan fingerprint density at radius 2 is 1.98 bits per heavy atom. The quantitative estimate of drug-likeness (QED) is 0.170. The summed E-state index contributed by atoms with van der Waals surface area (Å²) in [4.78, 5) is 23.7. The number of amides is 1. The van der Waals surface area contributed by atoms with Gasteiger partial charge in [-0.3, -0.25) is 9.59 Å². The molecule has 224 valence electrons. The average Bonchev–Trinajstić information content (AvgIpc) is 3.39. The molecule has 3 saturated carbocycles. The van der Waals surface area contributed by atoms with Crippen LogP contribution in [0.5, 0.6) is 0 Å². The number of nitrogens with one attached hydrogen (secondary N) is 1. The molecule has 5 aliphatic rings. The van der Waals surface area contributed by atoms with Crippen molar-refractivity contribution >= 4 is 11.9 Å². The van der Waals surface area contributed by atoms with Crippen LogP contribution in [0, 0.1) is 40.4 Å². The van der Waals surface area contributed by atoms with E-state index < -0.39 is 0 Å². The molecule has 0 saturated heterocycles. The van der Waals surface area contributed by atoms with Crippen LogP contribution in [0.3, 0.4) is 0 Å². The summed E-state index contributed by atoms with van der Waals surface area (Å²) in [5.41, 5.74) is 3.68. The molecule has 4 aliphatic carbocycles. The van der Waals surface area contributed by atoms with E-state index in [1.165, 1.54) is 37.0 Å². The van der Waals surface area contributed by atoms with Crippen LogP contribution in [0.4, 0.5) is 0 Å². The van der Waals surface area contributed by atoms with E-state index in [0.717, 1.165) is 75.7 Å². The van der Waals surface area contributed by atoms with Crippen molar-refractivity contribution in [2.45, 2.75) is 137 Å². The topological polar surface area (TPSA) is 64.6 Å². The van der Waals surface area contributed by atoms with E-state index in [-0.39, 0.29) is 23.4 Å². The van der Waals surface area contributed by atoms with Crippen LogP contribution in [-0.4, -0.2) is 30.6 Å². The number of ether oxygens (including phenoxy) is 2. The highest BCUT2D eigenvalue weighted by Gasteiger charge is 2.63. The summed E-state index contributed by atoms with van der Waals surface area (Å²) in [7, 11) is 0. The van der Waals surface area contributed by atoms with Crippen LogP contribution >= 0.6 is 0 Å². The lowest BCUT2D eigenvalue weighted by atomic mass is 9.47. The van der Waals surface area contributed by atoms with Gasteiger partial charge in [-0.25, -0.2) is 0 Å². The molecule has 0 aromatic rings. The number of hydrogen-bond donors (Lipinski definition) is 1. The molecule has 1 amide bonds. The summed E-state index contributed by atoms with van der Waals surface area (Å²) in [6, 6.07) is 0. The molecule has 9 atom stereocenters. The first-order valence-corrected chi connectivity index (χ1v) is 16.6. The minimum atomic E-state index is 0.00671. The predicted molar refractivity (Wildman–Crippen MR) is 159 cm³/mol. The fraction of sp³-hybridized carbons (Fsp3) is 0.829. The lowest BCUT2D eigenvalue weighted by Crippen LogP contribution is -2.50. The molecular formula is C35H55NO4. The highest BCUT2D eigenvalue weighted by Crippen LogP contribution is 2.69. The number of esters is 1. The van der Waals surface area contributed by atoms with Crippen LogP contribution in [-0.2, 0) is 19.1 Å². The molecule has 0 bridgehead atoms. The number of rotatable bonds is 10. The zero-order valence-electron chi connectivity index (χ0n) is 26.2. The number of carbonyl (C=O) groups excluding carboxylic acids is 2. The largest absolute Gasteiger partial charge is 0.494 e. The van der Waals surface area contributed by atoms with Gasteiger partial charge >= 0.3 is 5.97 Å². The minimum absolute atomic E-state index is 0.00671. The van der Waals surface area contributed by atoms with Gasteiger partial charge < -0.3 is 14.8 Å².